The molecule has 1 atom stereocenters. The fraction of sp³-hybridized carbons (Fsp3) is 0.227. The summed E-state index contributed by atoms with van der Waals surface area (Å²) in [5, 5.41) is 10.4. The van der Waals surface area contributed by atoms with Crippen LogP contribution in [-0.2, 0) is 0 Å². The van der Waals surface area contributed by atoms with Gasteiger partial charge in [0, 0.05) is 22.6 Å². The van der Waals surface area contributed by atoms with Gasteiger partial charge in [0.25, 0.3) is 0 Å². The van der Waals surface area contributed by atoms with Gasteiger partial charge in [0.1, 0.15) is 17.4 Å². The van der Waals surface area contributed by atoms with Crippen molar-refractivity contribution in [2.75, 3.05) is 11.4 Å². The summed E-state index contributed by atoms with van der Waals surface area (Å²) in [4.78, 5) is 7.12. The molecule has 0 bridgehead atoms. The fourth-order valence-electron chi connectivity index (χ4n) is 3.62. The summed E-state index contributed by atoms with van der Waals surface area (Å²) in [5.74, 6) is 0.755. The fourth-order valence-corrected chi connectivity index (χ4v) is 3.98. The Hall–Kier alpha value is -2.40. The highest BCUT2D eigenvalue weighted by atomic mass is 79.9. The van der Waals surface area contributed by atoms with Gasteiger partial charge in [0.2, 0.25) is 0 Å². The molecule has 0 saturated carbocycles. The van der Waals surface area contributed by atoms with Crippen LogP contribution in [0.2, 0.25) is 0 Å². The number of hydrogen-bond acceptors (Lipinski definition) is 3. The lowest BCUT2D eigenvalue weighted by molar-refractivity contribution is 0.477. The SMILES string of the molecule is CC1CCCN1c1cc(-c2cccc(F)c2)cc(-c2cc(Br)ccc2O)n1. The van der Waals surface area contributed by atoms with Gasteiger partial charge in [-0.2, -0.15) is 0 Å². The van der Waals surface area contributed by atoms with E-state index in [4.69, 9.17) is 4.98 Å². The van der Waals surface area contributed by atoms with Gasteiger partial charge in [-0.15, -0.1) is 0 Å². The molecule has 138 valence electrons. The Morgan fingerprint density at radius 1 is 1.11 bits per heavy atom. The van der Waals surface area contributed by atoms with E-state index >= 15 is 0 Å². The molecule has 3 nitrogen and oxygen atoms in total. The van der Waals surface area contributed by atoms with Crippen molar-refractivity contribution in [3.63, 3.8) is 0 Å². The highest BCUT2D eigenvalue weighted by Gasteiger charge is 2.23. The van der Waals surface area contributed by atoms with E-state index in [2.05, 4.69) is 27.8 Å². The Morgan fingerprint density at radius 2 is 1.96 bits per heavy atom. The molecule has 0 amide bonds. The molecule has 0 radical (unpaired) electrons. The molecule has 1 aliphatic rings. The van der Waals surface area contributed by atoms with Crippen molar-refractivity contribution >= 4 is 21.7 Å². The molecule has 1 unspecified atom stereocenters. The maximum absolute atomic E-state index is 13.8. The second-order valence-electron chi connectivity index (χ2n) is 6.96. The van der Waals surface area contributed by atoms with Crippen molar-refractivity contribution in [3.8, 4) is 28.1 Å². The zero-order valence-electron chi connectivity index (χ0n) is 15.0. The first-order chi connectivity index (χ1) is 13.0. The molecule has 1 N–H and O–H groups in total. The minimum Gasteiger partial charge on any atom is -0.507 e. The lowest BCUT2D eigenvalue weighted by Gasteiger charge is -2.24. The minimum absolute atomic E-state index is 0.169. The molecule has 0 spiro atoms. The van der Waals surface area contributed by atoms with Crippen LogP contribution in [-0.4, -0.2) is 22.7 Å². The van der Waals surface area contributed by atoms with Gasteiger partial charge in [-0.25, -0.2) is 9.37 Å². The van der Waals surface area contributed by atoms with E-state index in [9.17, 15) is 9.50 Å². The maximum Gasteiger partial charge on any atom is 0.130 e. The Bertz CT molecular complexity index is 992. The number of benzene rings is 2. The molecule has 5 heteroatoms. The van der Waals surface area contributed by atoms with E-state index < -0.39 is 0 Å². The quantitative estimate of drug-likeness (QED) is 0.556. The number of nitrogens with zero attached hydrogens (tertiary/aromatic N) is 2. The number of aromatic hydroxyl groups is 1. The topological polar surface area (TPSA) is 36.4 Å². The van der Waals surface area contributed by atoms with E-state index in [1.165, 1.54) is 12.1 Å². The van der Waals surface area contributed by atoms with Crippen LogP contribution < -0.4 is 4.90 Å². The van der Waals surface area contributed by atoms with Gasteiger partial charge in [0.15, 0.2) is 0 Å². The van der Waals surface area contributed by atoms with Crippen molar-refractivity contribution in [1.29, 1.82) is 0 Å². The Kier molecular flexibility index (Phi) is 4.87. The Morgan fingerprint density at radius 3 is 2.70 bits per heavy atom. The highest BCUT2D eigenvalue weighted by molar-refractivity contribution is 9.10. The van der Waals surface area contributed by atoms with Crippen LogP contribution in [0.5, 0.6) is 5.75 Å². The van der Waals surface area contributed by atoms with E-state index in [0.717, 1.165) is 40.8 Å². The molecular formula is C22H20BrFN2O. The monoisotopic (exact) mass is 426 g/mol. The van der Waals surface area contributed by atoms with Crippen LogP contribution in [0.25, 0.3) is 22.4 Å². The normalized spacial score (nSPS) is 16.7. The second kappa shape index (κ2) is 7.31. The van der Waals surface area contributed by atoms with Crippen LogP contribution in [0.15, 0.2) is 59.1 Å². The van der Waals surface area contributed by atoms with Gasteiger partial charge in [-0.1, -0.05) is 28.1 Å². The summed E-state index contributed by atoms with van der Waals surface area (Å²) < 4.78 is 14.6. The molecule has 1 saturated heterocycles. The number of rotatable bonds is 3. The van der Waals surface area contributed by atoms with Gasteiger partial charge in [-0.3, -0.25) is 0 Å². The summed E-state index contributed by atoms with van der Waals surface area (Å²) in [5.41, 5.74) is 3.00. The van der Waals surface area contributed by atoms with E-state index in [1.54, 1.807) is 18.2 Å². The summed E-state index contributed by atoms with van der Waals surface area (Å²) in [6.45, 7) is 3.14. The zero-order valence-corrected chi connectivity index (χ0v) is 16.6. The molecule has 1 aromatic heterocycles. The maximum atomic E-state index is 13.8. The standard InChI is InChI=1S/C22H20BrFN2O/c1-14-4-3-9-26(14)22-12-16(15-5-2-6-18(24)10-15)11-20(25-22)19-13-17(23)7-8-21(19)27/h2,5-8,10-14,27H,3-4,9H2,1H3. The second-order valence-corrected chi connectivity index (χ2v) is 7.87. The summed E-state index contributed by atoms with van der Waals surface area (Å²) in [7, 11) is 0. The Labute approximate surface area is 166 Å². The smallest absolute Gasteiger partial charge is 0.130 e. The number of anilines is 1. The minimum atomic E-state index is -0.271. The molecule has 3 aromatic rings. The molecular weight excluding hydrogens is 407 g/mol. The van der Waals surface area contributed by atoms with Crippen molar-refractivity contribution in [1.82, 2.24) is 4.98 Å². The largest absolute Gasteiger partial charge is 0.507 e. The third-order valence-corrected chi connectivity index (χ3v) is 5.54. The van der Waals surface area contributed by atoms with Crippen molar-refractivity contribution in [2.45, 2.75) is 25.8 Å². The predicted octanol–water partition coefficient (Wildman–Crippen LogP) is 6.01. The number of phenolic OH excluding ortho intramolecular Hbond substituents is 1. The summed E-state index contributed by atoms with van der Waals surface area (Å²) in [6, 6.07) is 16.2. The molecule has 1 fully saturated rings. The van der Waals surface area contributed by atoms with Gasteiger partial charge in [-0.05, 0) is 73.4 Å². The lowest BCUT2D eigenvalue weighted by Crippen LogP contribution is -2.27. The van der Waals surface area contributed by atoms with Crippen molar-refractivity contribution in [3.05, 3.63) is 64.9 Å². The molecule has 2 heterocycles. The first kappa shape index (κ1) is 18.0. The van der Waals surface area contributed by atoms with Crippen molar-refractivity contribution in [2.24, 2.45) is 0 Å². The number of pyridine rings is 1. The van der Waals surface area contributed by atoms with Crippen LogP contribution >= 0.6 is 15.9 Å². The zero-order chi connectivity index (χ0) is 19.0. The molecule has 2 aromatic carbocycles. The molecule has 1 aliphatic heterocycles. The van der Waals surface area contributed by atoms with E-state index in [-0.39, 0.29) is 11.6 Å². The summed E-state index contributed by atoms with van der Waals surface area (Å²) in [6.07, 6.45) is 2.26. The molecule has 27 heavy (non-hydrogen) atoms. The average molecular weight is 427 g/mol. The van der Waals surface area contributed by atoms with Crippen molar-refractivity contribution < 1.29 is 9.50 Å². The first-order valence-corrected chi connectivity index (χ1v) is 9.84. The third-order valence-electron chi connectivity index (χ3n) is 5.05. The average Bonchev–Trinajstić information content (AvgIpc) is 3.09. The van der Waals surface area contributed by atoms with Crippen LogP contribution in [0.1, 0.15) is 19.8 Å². The first-order valence-electron chi connectivity index (χ1n) is 9.05. The van der Waals surface area contributed by atoms with Crippen LogP contribution in [0.4, 0.5) is 10.2 Å². The number of phenols is 1. The predicted molar refractivity (Wildman–Crippen MR) is 110 cm³/mol. The molecule has 0 aliphatic carbocycles. The number of aromatic nitrogens is 1. The lowest BCUT2D eigenvalue weighted by atomic mass is 10.0. The highest BCUT2D eigenvalue weighted by Crippen LogP contribution is 2.36. The van der Waals surface area contributed by atoms with E-state index in [1.807, 2.05) is 24.3 Å². The van der Waals surface area contributed by atoms with Gasteiger partial charge < -0.3 is 10.0 Å². The Balaban J connectivity index is 1.90. The summed E-state index contributed by atoms with van der Waals surface area (Å²) >= 11 is 3.46. The number of halogens is 2. The van der Waals surface area contributed by atoms with Crippen LogP contribution in [0.3, 0.4) is 0 Å². The van der Waals surface area contributed by atoms with E-state index in [0.29, 0.717) is 17.3 Å². The van der Waals surface area contributed by atoms with Crippen LogP contribution in [0, 0.1) is 5.82 Å². The third kappa shape index (κ3) is 3.69. The number of hydrogen-bond donors (Lipinski definition) is 1. The molecule has 4 rings (SSSR count). The van der Waals surface area contributed by atoms with Gasteiger partial charge >= 0.3 is 0 Å². The van der Waals surface area contributed by atoms with Gasteiger partial charge in [0.05, 0.1) is 5.69 Å².